The van der Waals surface area contributed by atoms with E-state index >= 15 is 0 Å². The SMILES string of the molecule is c1ccc(-c2nc(-c3cccc(-c4cccc(-c5c6ccccc6c(-c6ccccc6)c6sc7ccccc7c56)c4)c3)nc(-c3ccc4ccccc4c3)n2)cc1.c1ccc(-c2nc3c(ccc4ccccc43)nc2-c2c3ccccc3c(-c3ccccc3)c3oc4ccccc4c23)cc1.c1ccc(-c2nc3c(nc2-c2c4ccccc4c(-c4ccccc4)c4sc5ccccc5c24)oc2ccccc23)cc1. The van der Waals surface area contributed by atoms with Crippen molar-refractivity contribution in [2.24, 2.45) is 0 Å². The lowest BCUT2D eigenvalue weighted by Crippen LogP contribution is -2.00. The van der Waals surface area contributed by atoms with Gasteiger partial charge in [-0.05, 0) is 142 Å². The number of benzene rings is 22. The van der Waals surface area contributed by atoms with Gasteiger partial charge in [0.1, 0.15) is 28.0 Å². The van der Waals surface area contributed by atoms with Gasteiger partial charge in [0.05, 0.1) is 28.1 Å². The number of thiophene rings is 2. The molecule has 7 aromatic heterocycles. The zero-order valence-electron chi connectivity index (χ0n) is 76.4. The summed E-state index contributed by atoms with van der Waals surface area (Å²) in [5.41, 5.74) is 27.9. The Hall–Kier alpha value is -18.4. The van der Waals surface area contributed by atoms with E-state index in [0.717, 1.165) is 166 Å². The molecular formula is C131H79N7O2S2. The molecule has 0 saturated carbocycles. The molecule has 0 atom stereocenters. The number of fused-ring (bicyclic) bond motifs is 19. The molecule has 9 nitrogen and oxygen atoms in total. The Bertz CT molecular complexity index is 10100. The minimum absolute atomic E-state index is 0.551. The molecule has 29 rings (SSSR count). The Kier molecular flexibility index (Phi) is 20.5. The van der Waals surface area contributed by atoms with Crippen LogP contribution in [-0.4, -0.2) is 34.9 Å². The van der Waals surface area contributed by atoms with E-state index in [0.29, 0.717) is 23.2 Å². The third kappa shape index (κ3) is 14.4. The minimum Gasteiger partial charge on any atom is -0.455 e. The molecule has 0 unspecified atom stereocenters. The van der Waals surface area contributed by atoms with Gasteiger partial charge in [0, 0.05) is 118 Å². The first-order valence-electron chi connectivity index (χ1n) is 47.7. The Morgan fingerprint density at radius 3 is 1.09 bits per heavy atom. The zero-order valence-corrected chi connectivity index (χ0v) is 78.0. The van der Waals surface area contributed by atoms with Crippen LogP contribution in [-0.2, 0) is 0 Å². The molecule has 0 saturated heterocycles. The summed E-state index contributed by atoms with van der Waals surface area (Å²) in [5, 5.41) is 19.8. The van der Waals surface area contributed by atoms with E-state index in [1.807, 2.05) is 77.3 Å². The van der Waals surface area contributed by atoms with Gasteiger partial charge in [-0.2, -0.15) is 0 Å². The monoisotopic (exact) mass is 1850 g/mol. The zero-order chi connectivity index (χ0) is 93.7. The summed E-state index contributed by atoms with van der Waals surface area (Å²) in [6.45, 7) is 0. The number of nitrogens with zero attached hydrogens (tertiary/aromatic N) is 7. The van der Waals surface area contributed by atoms with Crippen LogP contribution in [0.4, 0.5) is 0 Å². The first-order chi connectivity index (χ1) is 70.4. The Balaban J connectivity index is 0.000000108. The quantitative estimate of drug-likeness (QED) is 0.110. The lowest BCUT2D eigenvalue weighted by Gasteiger charge is -2.17. The van der Waals surface area contributed by atoms with Crippen LogP contribution in [0, 0.1) is 0 Å². The molecule has 7 heterocycles. The average molecular weight is 1850 g/mol. The van der Waals surface area contributed by atoms with Gasteiger partial charge < -0.3 is 8.83 Å². The highest BCUT2D eigenvalue weighted by Crippen LogP contribution is 2.55. The molecule has 0 aliphatic rings. The highest BCUT2D eigenvalue weighted by molar-refractivity contribution is 7.27. The third-order valence-electron chi connectivity index (χ3n) is 27.4. The maximum Gasteiger partial charge on any atom is 0.246 e. The second-order valence-electron chi connectivity index (χ2n) is 35.8. The molecule has 0 spiro atoms. The second-order valence-corrected chi connectivity index (χ2v) is 37.9. The van der Waals surface area contributed by atoms with Crippen molar-refractivity contribution in [2.75, 3.05) is 0 Å². The Labute approximate surface area is 823 Å². The molecule has 0 bridgehead atoms. The van der Waals surface area contributed by atoms with Crippen LogP contribution in [0.3, 0.4) is 0 Å². The molecule has 0 amide bonds. The van der Waals surface area contributed by atoms with Gasteiger partial charge in [-0.15, -0.1) is 22.7 Å². The first-order valence-corrected chi connectivity index (χ1v) is 49.3. The van der Waals surface area contributed by atoms with Crippen LogP contribution in [0.25, 0.3) is 284 Å². The minimum atomic E-state index is 0.551. The van der Waals surface area contributed by atoms with Gasteiger partial charge in [0.25, 0.3) is 0 Å². The van der Waals surface area contributed by atoms with E-state index in [9.17, 15) is 0 Å². The van der Waals surface area contributed by atoms with Gasteiger partial charge in [-0.1, -0.05) is 425 Å². The van der Waals surface area contributed by atoms with Gasteiger partial charge in [0.2, 0.25) is 5.71 Å². The van der Waals surface area contributed by atoms with Crippen molar-refractivity contribution in [3.63, 3.8) is 0 Å². The number of rotatable bonds is 12. The van der Waals surface area contributed by atoms with Crippen LogP contribution in [0.2, 0.25) is 0 Å². The predicted molar refractivity (Wildman–Crippen MR) is 594 cm³/mol. The van der Waals surface area contributed by atoms with Crippen molar-refractivity contribution in [3.8, 4) is 135 Å². The number of hydrogen-bond acceptors (Lipinski definition) is 11. The molecule has 0 aliphatic heterocycles. The van der Waals surface area contributed by atoms with Crippen LogP contribution >= 0.6 is 22.7 Å². The van der Waals surface area contributed by atoms with E-state index in [1.54, 1.807) is 0 Å². The molecule has 142 heavy (non-hydrogen) atoms. The highest BCUT2D eigenvalue weighted by Gasteiger charge is 2.31. The van der Waals surface area contributed by atoms with Crippen LogP contribution in [0.15, 0.2) is 488 Å². The van der Waals surface area contributed by atoms with E-state index in [1.165, 1.54) is 95.3 Å². The molecule has 0 N–H and O–H groups in total. The summed E-state index contributed by atoms with van der Waals surface area (Å²) in [7, 11) is 0. The summed E-state index contributed by atoms with van der Waals surface area (Å²) < 4.78 is 18.2. The molecule has 662 valence electrons. The van der Waals surface area contributed by atoms with Crippen molar-refractivity contribution in [2.45, 2.75) is 0 Å². The normalized spacial score (nSPS) is 11.7. The summed E-state index contributed by atoms with van der Waals surface area (Å²) in [6, 6.07) is 168. The largest absolute Gasteiger partial charge is 0.455 e. The van der Waals surface area contributed by atoms with Crippen LogP contribution in [0.5, 0.6) is 0 Å². The maximum atomic E-state index is 6.75. The molecule has 11 heteroatoms. The molecule has 0 radical (unpaired) electrons. The summed E-state index contributed by atoms with van der Waals surface area (Å²) in [6.07, 6.45) is 0. The van der Waals surface area contributed by atoms with Crippen molar-refractivity contribution in [3.05, 3.63) is 479 Å². The van der Waals surface area contributed by atoms with E-state index in [4.69, 9.17) is 43.7 Å². The first kappa shape index (κ1) is 83.0. The smallest absolute Gasteiger partial charge is 0.246 e. The summed E-state index contributed by atoms with van der Waals surface area (Å²) in [4.78, 5) is 36.7. The standard InChI is InChI=1S/C53H33N3S.C40H24N2O.C38H22N2OS/c1-3-16-35(17-4-1)48-44-26-10-9-25-43(44)47(49-45-27-11-12-28-46(45)57-50(48)49)40-23-13-21-38(31-40)39-22-14-24-41(33-39)52-54-51(36-18-5-2-6-19-36)55-53(56-52)42-30-29-34-15-7-8-20-37(34)32-42;1-3-14-26(15-4-1)34-29-19-9-10-20-30(29)35(36-31-21-11-12-22-33(31)43-40(34)36)39-37(27-16-5-2-6-17-27)42-38-28-18-8-7-13-25(28)23-24-32(38)41-39;1-3-13-23(14-4-1)31-25-17-7-8-18-26(25)32(33-28-20-10-12-22-30(28)42-37(31)33)36-34(24-15-5-2-6-16-24)39-35-27-19-9-11-21-29(27)41-38(35)40-36/h1-33H;1-24H;1-22H. The number of aromatic nitrogens is 7. The van der Waals surface area contributed by atoms with Gasteiger partial charge in [0.15, 0.2) is 17.5 Å². The summed E-state index contributed by atoms with van der Waals surface area (Å²) >= 11 is 3.73. The van der Waals surface area contributed by atoms with Gasteiger partial charge in [-0.3, -0.25) is 0 Å². The molecular weight excluding hydrogens is 1770 g/mol. The van der Waals surface area contributed by atoms with E-state index in [-0.39, 0.29) is 0 Å². The third-order valence-corrected chi connectivity index (χ3v) is 29.8. The number of furan rings is 2. The Morgan fingerprint density at radius 2 is 0.535 bits per heavy atom. The van der Waals surface area contributed by atoms with Crippen molar-refractivity contribution >= 4 is 172 Å². The fourth-order valence-electron chi connectivity index (χ4n) is 21.0. The lowest BCUT2D eigenvalue weighted by atomic mass is 9.87. The van der Waals surface area contributed by atoms with Crippen molar-refractivity contribution < 1.29 is 8.83 Å². The topological polar surface area (TPSA) is 117 Å². The lowest BCUT2D eigenvalue weighted by molar-refractivity contribution is 0.653. The second kappa shape index (κ2) is 35.0. The average Bonchev–Trinajstić information content (AvgIpc) is 1.53. The van der Waals surface area contributed by atoms with E-state index < -0.39 is 0 Å². The van der Waals surface area contributed by atoms with Gasteiger partial charge >= 0.3 is 0 Å². The van der Waals surface area contributed by atoms with E-state index in [2.05, 4.69) is 425 Å². The maximum absolute atomic E-state index is 6.75. The van der Waals surface area contributed by atoms with Crippen molar-refractivity contribution in [1.82, 2.24) is 34.9 Å². The Morgan fingerprint density at radius 1 is 0.176 bits per heavy atom. The molecule has 29 aromatic rings. The fraction of sp³-hybridized carbons (Fsp3) is 0. The number of hydrogen-bond donors (Lipinski definition) is 0. The number of para-hydroxylation sites is 2. The molecule has 22 aromatic carbocycles. The predicted octanol–water partition coefficient (Wildman–Crippen LogP) is 36.3. The van der Waals surface area contributed by atoms with Crippen LogP contribution < -0.4 is 0 Å². The highest BCUT2D eigenvalue weighted by atomic mass is 32.1. The fourth-order valence-corrected chi connectivity index (χ4v) is 23.6. The van der Waals surface area contributed by atoms with Gasteiger partial charge in [-0.25, -0.2) is 34.9 Å². The molecule has 0 fully saturated rings. The molecule has 0 aliphatic carbocycles. The van der Waals surface area contributed by atoms with Crippen LogP contribution in [0.1, 0.15) is 0 Å². The van der Waals surface area contributed by atoms with Crippen molar-refractivity contribution in [1.29, 1.82) is 0 Å². The summed E-state index contributed by atoms with van der Waals surface area (Å²) in [5.74, 6) is 1.93.